The van der Waals surface area contributed by atoms with Crippen LogP contribution in [0.2, 0.25) is 0 Å². The number of unbranched alkanes of at least 4 members (excludes halogenated alkanes) is 1. The van der Waals surface area contributed by atoms with Crippen molar-refractivity contribution in [3.05, 3.63) is 65.7 Å². The van der Waals surface area contributed by atoms with Gasteiger partial charge in [0, 0.05) is 38.3 Å². The van der Waals surface area contributed by atoms with Crippen LogP contribution < -0.4 is 10.1 Å². The molecule has 1 heterocycles. The van der Waals surface area contributed by atoms with Gasteiger partial charge in [-0.3, -0.25) is 14.5 Å². The predicted octanol–water partition coefficient (Wildman–Crippen LogP) is 3.33. The third-order valence-electron chi connectivity index (χ3n) is 5.47. The van der Waals surface area contributed by atoms with E-state index in [2.05, 4.69) is 41.4 Å². The SMILES string of the molecule is CCCCOc1ccc(C(=O)NCC(=O)N2CCCN(Cc3ccccc3)CC2)cc1. The Kier molecular flexibility index (Phi) is 8.91. The fourth-order valence-corrected chi connectivity index (χ4v) is 3.63. The number of carbonyl (C=O) groups is 2. The van der Waals surface area contributed by atoms with Crippen molar-refractivity contribution in [1.29, 1.82) is 0 Å². The van der Waals surface area contributed by atoms with E-state index < -0.39 is 0 Å². The standard InChI is InChI=1S/C25H33N3O3/c1-2-3-18-31-23-12-10-22(11-13-23)25(30)26-19-24(29)28-15-7-14-27(16-17-28)20-21-8-5-4-6-9-21/h4-6,8-13H,2-3,7,14-20H2,1H3,(H,26,30). The van der Waals surface area contributed by atoms with Crippen LogP contribution in [0.1, 0.15) is 42.1 Å². The van der Waals surface area contributed by atoms with E-state index in [0.29, 0.717) is 18.7 Å². The lowest BCUT2D eigenvalue weighted by atomic mass is 10.2. The van der Waals surface area contributed by atoms with E-state index in [-0.39, 0.29) is 18.4 Å². The zero-order chi connectivity index (χ0) is 21.9. The molecule has 6 nitrogen and oxygen atoms in total. The number of nitrogens with one attached hydrogen (secondary N) is 1. The highest BCUT2D eigenvalue weighted by molar-refractivity contribution is 5.96. The van der Waals surface area contributed by atoms with Gasteiger partial charge in [0.15, 0.2) is 0 Å². The van der Waals surface area contributed by atoms with Gasteiger partial charge in [0.25, 0.3) is 5.91 Å². The van der Waals surface area contributed by atoms with E-state index in [4.69, 9.17) is 4.74 Å². The van der Waals surface area contributed by atoms with E-state index in [0.717, 1.165) is 51.2 Å². The lowest BCUT2D eigenvalue weighted by Crippen LogP contribution is -2.42. The minimum Gasteiger partial charge on any atom is -0.494 e. The average molecular weight is 424 g/mol. The molecule has 0 aliphatic carbocycles. The first kappa shape index (κ1) is 22.8. The maximum Gasteiger partial charge on any atom is 0.251 e. The first-order valence-corrected chi connectivity index (χ1v) is 11.2. The van der Waals surface area contributed by atoms with Crippen LogP contribution in [-0.2, 0) is 11.3 Å². The van der Waals surface area contributed by atoms with Crippen LogP contribution in [0.3, 0.4) is 0 Å². The Hall–Kier alpha value is -2.86. The third-order valence-corrected chi connectivity index (χ3v) is 5.47. The molecule has 1 fully saturated rings. The van der Waals surface area contributed by atoms with Crippen LogP contribution in [-0.4, -0.2) is 60.9 Å². The van der Waals surface area contributed by atoms with Gasteiger partial charge in [-0.15, -0.1) is 0 Å². The number of nitrogens with zero attached hydrogens (tertiary/aromatic N) is 2. The second-order valence-corrected chi connectivity index (χ2v) is 7.91. The summed E-state index contributed by atoms with van der Waals surface area (Å²) in [5.41, 5.74) is 1.82. The van der Waals surface area contributed by atoms with Gasteiger partial charge in [0.1, 0.15) is 5.75 Å². The van der Waals surface area contributed by atoms with Crippen molar-refractivity contribution in [2.45, 2.75) is 32.7 Å². The van der Waals surface area contributed by atoms with Crippen molar-refractivity contribution in [3.63, 3.8) is 0 Å². The second kappa shape index (κ2) is 12.1. The summed E-state index contributed by atoms with van der Waals surface area (Å²) in [4.78, 5) is 29.3. The molecule has 0 saturated carbocycles. The molecule has 0 radical (unpaired) electrons. The van der Waals surface area contributed by atoms with Gasteiger partial charge < -0.3 is 15.0 Å². The van der Waals surface area contributed by atoms with Gasteiger partial charge in [-0.25, -0.2) is 0 Å². The number of hydrogen-bond acceptors (Lipinski definition) is 4. The number of ether oxygens (including phenoxy) is 1. The Morgan fingerprint density at radius 1 is 0.968 bits per heavy atom. The quantitative estimate of drug-likeness (QED) is 0.629. The highest BCUT2D eigenvalue weighted by Gasteiger charge is 2.19. The number of benzene rings is 2. The first-order chi connectivity index (χ1) is 15.2. The van der Waals surface area contributed by atoms with Crippen molar-refractivity contribution >= 4 is 11.8 Å². The minimum absolute atomic E-state index is 0.0201. The van der Waals surface area contributed by atoms with Crippen molar-refractivity contribution in [2.24, 2.45) is 0 Å². The molecule has 2 amide bonds. The summed E-state index contributed by atoms with van der Waals surface area (Å²) in [6, 6.07) is 17.4. The van der Waals surface area contributed by atoms with E-state index >= 15 is 0 Å². The molecular formula is C25H33N3O3. The summed E-state index contributed by atoms with van der Waals surface area (Å²) in [6.07, 6.45) is 3.02. The van der Waals surface area contributed by atoms with Crippen molar-refractivity contribution in [1.82, 2.24) is 15.1 Å². The van der Waals surface area contributed by atoms with E-state index in [1.54, 1.807) is 24.3 Å². The van der Waals surface area contributed by atoms with Crippen LogP contribution in [0, 0.1) is 0 Å². The molecule has 1 aliphatic rings. The van der Waals surface area contributed by atoms with Crippen LogP contribution >= 0.6 is 0 Å². The normalized spacial score (nSPS) is 14.7. The van der Waals surface area contributed by atoms with Crippen LogP contribution in [0.15, 0.2) is 54.6 Å². The monoisotopic (exact) mass is 423 g/mol. The van der Waals surface area contributed by atoms with Crippen molar-refractivity contribution in [2.75, 3.05) is 39.3 Å². The number of carbonyl (C=O) groups excluding carboxylic acids is 2. The molecule has 0 spiro atoms. The predicted molar refractivity (Wildman–Crippen MR) is 122 cm³/mol. The van der Waals surface area contributed by atoms with E-state index in [1.165, 1.54) is 5.56 Å². The molecular weight excluding hydrogens is 390 g/mol. The molecule has 0 atom stereocenters. The lowest BCUT2D eigenvalue weighted by Gasteiger charge is -2.22. The molecule has 1 N–H and O–H groups in total. The highest BCUT2D eigenvalue weighted by atomic mass is 16.5. The summed E-state index contributed by atoms with van der Waals surface area (Å²) >= 11 is 0. The number of rotatable bonds is 9. The summed E-state index contributed by atoms with van der Waals surface area (Å²) in [6.45, 7) is 6.94. The third kappa shape index (κ3) is 7.40. The zero-order valence-electron chi connectivity index (χ0n) is 18.4. The lowest BCUT2D eigenvalue weighted by molar-refractivity contribution is -0.130. The molecule has 0 bridgehead atoms. The largest absolute Gasteiger partial charge is 0.494 e. The van der Waals surface area contributed by atoms with Crippen LogP contribution in [0.5, 0.6) is 5.75 Å². The molecule has 0 unspecified atom stereocenters. The molecule has 2 aromatic rings. The molecule has 1 saturated heterocycles. The number of hydrogen-bond donors (Lipinski definition) is 1. The second-order valence-electron chi connectivity index (χ2n) is 7.91. The maximum absolute atomic E-state index is 12.6. The van der Waals surface area contributed by atoms with Gasteiger partial charge in [-0.05, 0) is 42.7 Å². The Morgan fingerprint density at radius 3 is 2.48 bits per heavy atom. The van der Waals surface area contributed by atoms with E-state index in [1.807, 2.05) is 11.0 Å². The van der Waals surface area contributed by atoms with Crippen molar-refractivity contribution < 1.29 is 14.3 Å². The molecule has 166 valence electrons. The summed E-state index contributed by atoms with van der Waals surface area (Å²) < 4.78 is 5.62. The van der Waals surface area contributed by atoms with Gasteiger partial charge in [-0.2, -0.15) is 0 Å². The van der Waals surface area contributed by atoms with Gasteiger partial charge in [-0.1, -0.05) is 43.7 Å². The maximum atomic E-state index is 12.6. The summed E-state index contributed by atoms with van der Waals surface area (Å²) in [5.74, 6) is 0.481. The Balaban J connectivity index is 1.42. The Morgan fingerprint density at radius 2 is 1.74 bits per heavy atom. The highest BCUT2D eigenvalue weighted by Crippen LogP contribution is 2.13. The van der Waals surface area contributed by atoms with Gasteiger partial charge in [0.05, 0.1) is 13.2 Å². The Labute approximate surface area is 185 Å². The topological polar surface area (TPSA) is 61.9 Å². The molecule has 6 heteroatoms. The Bertz CT molecular complexity index is 824. The van der Waals surface area contributed by atoms with Crippen molar-refractivity contribution in [3.8, 4) is 5.75 Å². The smallest absolute Gasteiger partial charge is 0.251 e. The van der Waals surface area contributed by atoms with Gasteiger partial charge in [0.2, 0.25) is 5.91 Å². The molecule has 0 aromatic heterocycles. The molecule has 2 aromatic carbocycles. The fraction of sp³-hybridized carbons (Fsp3) is 0.440. The van der Waals surface area contributed by atoms with E-state index in [9.17, 15) is 9.59 Å². The summed E-state index contributed by atoms with van der Waals surface area (Å²) in [7, 11) is 0. The average Bonchev–Trinajstić information content (AvgIpc) is 3.04. The summed E-state index contributed by atoms with van der Waals surface area (Å²) in [5, 5.41) is 2.75. The number of amides is 2. The molecule has 1 aliphatic heterocycles. The minimum atomic E-state index is -0.242. The van der Waals surface area contributed by atoms with Gasteiger partial charge >= 0.3 is 0 Å². The fourth-order valence-electron chi connectivity index (χ4n) is 3.63. The molecule has 3 rings (SSSR count). The first-order valence-electron chi connectivity index (χ1n) is 11.2. The van der Waals surface area contributed by atoms with Crippen LogP contribution in [0.4, 0.5) is 0 Å². The zero-order valence-corrected chi connectivity index (χ0v) is 18.4. The van der Waals surface area contributed by atoms with Crippen LogP contribution in [0.25, 0.3) is 0 Å². The molecule has 31 heavy (non-hydrogen) atoms.